The van der Waals surface area contributed by atoms with Crippen molar-refractivity contribution in [1.29, 1.82) is 0 Å². The molecule has 2 fully saturated rings. The van der Waals surface area contributed by atoms with Crippen LogP contribution >= 0.6 is 0 Å². The van der Waals surface area contributed by atoms with Crippen LogP contribution < -0.4 is 10.2 Å². The summed E-state index contributed by atoms with van der Waals surface area (Å²) in [6, 6.07) is 2.03. The van der Waals surface area contributed by atoms with E-state index in [1.165, 1.54) is 12.8 Å². The van der Waals surface area contributed by atoms with Crippen LogP contribution in [0.5, 0.6) is 0 Å². The van der Waals surface area contributed by atoms with Crippen molar-refractivity contribution >= 4 is 18.1 Å². The molecule has 2 amide bonds. The first kappa shape index (κ1) is 15.7. The SMILES string of the molecule is Cc1nc(C(=O)NC2CCCC2)cc(N2CCN(C=O)CC2)n1. The van der Waals surface area contributed by atoms with E-state index in [0.29, 0.717) is 24.6 Å². The Bertz CT molecular complexity index is 578. The average Bonchev–Trinajstić information content (AvgIpc) is 3.07. The second-order valence-corrected chi connectivity index (χ2v) is 6.24. The smallest absolute Gasteiger partial charge is 0.270 e. The third-order valence-electron chi connectivity index (χ3n) is 4.53. The lowest BCUT2D eigenvalue weighted by Crippen LogP contribution is -2.46. The summed E-state index contributed by atoms with van der Waals surface area (Å²) in [6.45, 7) is 4.60. The molecule has 2 heterocycles. The van der Waals surface area contributed by atoms with Gasteiger partial charge in [-0.1, -0.05) is 12.8 Å². The van der Waals surface area contributed by atoms with E-state index in [9.17, 15) is 9.59 Å². The molecule has 1 aliphatic carbocycles. The van der Waals surface area contributed by atoms with Crippen LogP contribution in [0.4, 0.5) is 5.82 Å². The molecule has 2 aliphatic rings. The Balaban J connectivity index is 1.71. The Morgan fingerprint density at radius 1 is 1.22 bits per heavy atom. The maximum absolute atomic E-state index is 12.4. The van der Waals surface area contributed by atoms with Crippen LogP contribution in [0, 0.1) is 6.92 Å². The summed E-state index contributed by atoms with van der Waals surface area (Å²) < 4.78 is 0. The monoisotopic (exact) mass is 317 g/mol. The van der Waals surface area contributed by atoms with E-state index in [4.69, 9.17) is 0 Å². The number of rotatable bonds is 4. The van der Waals surface area contributed by atoms with Crippen molar-refractivity contribution in [2.24, 2.45) is 0 Å². The lowest BCUT2D eigenvalue weighted by molar-refractivity contribution is -0.118. The minimum atomic E-state index is -0.116. The normalized spacial score (nSPS) is 19.0. The van der Waals surface area contributed by atoms with Gasteiger partial charge in [0, 0.05) is 38.3 Å². The highest BCUT2D eigenvalue weighted by molar-refractivity contribution is 5.93. The Hall–Kier alpha value is -2.18. The number of anilines is 1. The zero-order valence-electron chi connectivity index (χ0n) is 13.5. The second kappa shape index (κ2) is 6.93. The highest BCUT2D eigenvalue weighted by atomic mass is 16.2. The summed E-state index contributed by atoms with van der Waals surface area (Å²) in [5.41, 5.74) is 0.428. The van der Waals surface area contributed by atoms with Gasteiger partial charge in [-0.3, -0.25) is 9.59 Å². The number of hydrogen-bond donors (Lipinski definition) is 1. The van der Waals surface area contributed by atoms with Crippen molar-refractivity contribution < 1.29 is 9.59 Å². The van der Waals surface area contributed by atoms with Crippen LogP contribution in [0.3, 0.4) is 0 Å². The van der Waals surface area contributed by atoms with Crippen LogP contribution in [-0.2, 0) is 4.79 Å². The van der Waals surface area contributed by atoms with Gasteiger partial charge in [0.2, 0.25) is 6.41 Å². The van der Waals surface area contributed by atoms with E-state index in [2.05, 4.69) is 20.2 Å². The topological polar surface area (TPSA) is 78.4 Å². The molecule has 124 valence electrons. The van der Waals surface area contributed by atoms with E-state index in [0.717, 1.165) is 38.2 Å². The molecular weight excluding hydrogens is 294 g/mol. The van der Waals surface area contributed by atoms with Gasteiger partial charge in [0.05, 0.1) is 0 Å². The second-order valence-electron chi connectivity index (χ2n) is 6.24. The van der Waals surface area contributed by atoms with Gasteiger partial charge in [0.25, 0.3) is 5.91 Å². The van der Waals surface area contributed by atoms with Gasteiger partial charge in [-0.05, 0) is 19.8 Å². The van der Waals surface area contributed by atoms with E-state index >= 15 is 0 Å². The third-order valence-corrected chi connectivity index (χ3v) is 4.53. The van der Waals surface area contributed by atoms with Crippen LogP contribution in [0.25, 0.3) is 0 Å². The first-order valence-corrected chi connectivity index (χ1v) is 8.26. The zero-order valence-corrected chi connectivity index (χ0v) is 13.5. The standard InChI is InChI=1S/C16H23N5O2/c1-12-17-14(16(23)19-13-4-2-3-5-13)10-15(18-12)21-8-6-20(11-22)7-9-21/h10-11,13H,2-9H2,1H3,(H,19,23). The fourth-order valence-corrected chi connectivity index (χ4v) is 3.22. The number of hydrogen-bond acceptors (Lipinski definition) is 5. The summed E-state index contributed by atoms with van der Waals surface area (Å²) in [6.07, 6.45) is 5.34. The molecule has 1 aromatic rings. The van der Waals surface area contributed by atoms with Crippen LogP contribution in [0.1, 0.15) is 42.0 Å². The zero-order chi connectivity index (χ0) is 16.2. The summed E-state index contributed by atoms with van der Waals surface area (Å²) in [5.74, 6) is 1.24. The lowest BCUT2D eigenvalue weighted by Gasteiger charge is -2.33. The van der Waals surface area contributed by atoms with Crippen molar-refractivity contribution in [1.82, 2.24) is 20.2 Å². The highest BCUT2D eigenvalue weighted by Gasteiger charge is 2.22. The Morgan fingerprint density at radius 2 is 1.91 bits per heavy atom. The first-order chi connectivity index (χ1) is 11.2. The van der Waals surface area contributed by atoms with Crippen molar-refractivity contribution in [2.75, 3.05) is 31.1 Å². The summed E-state index contributed by atoms with van der Waals surface area (Å²) >= 11 is 0. The predicted molar refractivity (Wildman–Crippen MR) is 86.3 cm³/mol. The van der Waals surface area contributed by atoms with Crippen molar-refractivity contribution in [3.8, 4) is 0 Å². The molecule has 1 saturated heterocycles. The van der Waals surface area contributed by atoms with Crippen molar-refractivity contribution in [3.63, 3.8) is 0 Å². The summed E-state index contributed by atoms with van der Waals surface area (Å²) in [7, 11) is 0. The maximum Gasteiger partial charge on any atom is 0.270 e. The first-order valence-electron chi connectivity index (χ1n) is 8.26. The highest BCUT2D eigenvalue weighted by Crippen LogP contribution is 2.19. The minimum Gasteiger partial charge on any atom is -0.353 e. The molecule has 0 spiro atoms. The minimum absolute atomic E-state index is 0.116. The molecule has 7 nitrogen and oxygen atoms in total. The Labute approximate surface area is 136 Å². The Kier molecular flexibility index (Phi) is 4.73. The van der Waals surface area contributed by atoms with Crippen LogP contribution in [0.2, 0.25) is 0 Å². The molecule has 0 bridgehead atoms. The van der Waals surface area contributed by atoms with Crippen molar-refractivity contribution in [3.05, 3.63) is 17.6 Å². The van der Waals surface area contributed by atoms with Gasteiger partial charge in [0.1, 0.15) is 17.3 Å². The quantitative estimate of drug-likeness (QED) is 0.829. The molecule has 1 N–H and O–H groups in total. The number of nitrogens with zero attached hydrogens (tertiary/aromatic N) is 4. The number of carbonyl (C=O) groups excluding carboxylic acids is 2. The fraction of sp³-hybridized carbons (Fsp3) is 0.625. The van der Waals surface area contributed by atoms with Crippen LogP contribution in [-0.4, -0.2) is 59.4 Å². The third kappa shape index (κ3) is 3.78. The van der Waals surface area contributed by atoms with Crippen molar-refractivity contribution in [2.45, 2.75) is 38.6 Å². The molecule has 0 radical (unpaired) electrons. The molecule has 0 aromatic carbocycles. The molecule has 1 aliphatic heterocycles. The summed E-state index contributed by atoms with van der Waals surface area (Å²) in [5, 5.41) is 3.07. The van der Waals surface area contributed by atoms with E-state index in [1.807, 2.05) is 0 Å². The van der Waals surface area contributed by atoms with Gasteiger partial charge in [-0.15, -0.1) is 0 Å². The van der Waals surface area contributed by atoms with E-state index in [1.54, 1.807) is 17.9 Å². The molecule has 1 aromatic heterocycles. The number of aromatic nitrogens is 2. The maximum atomic E-state index is 12.4. The van der Waals surface area contributed by atoms with Gasteiger partial charge in [0.15, 0.2) is 0 Å². The van der Waals surface area contributed by atoms with Gasteiger partial charge in [-0.2, -0.15) is 0 Å². The lowest BCUT2D eigenvalue weighted by atomic mass is 10.2. The van der Waals surface area contributed by atoms with E-state index < -0.39 is 0 Å². The number of piperazine rings is 1. The predicted octanol–water partition coefficient (Wildman–Crippen LogP) is 0.736. The number of aryl methyl sites for hydroxylation is 1. The van der Waals surface area contributed by atoms with Gasteiger partial charge < -0.3 is 15.1 Å². The number of nitrogens with one attached hydrogen (secondary N) is 1. The summed E-state index contributed by atoms with van der Waals surface area (Å²) in [4.78, 5) is 35.8. The van der Waals surface area contributed by atoms with Gasteiger partial charge in [-0.25, -0.2) is 9.97 Å². The Morgan fingerprint density at radius 3 is 2.57 bits per heavy atom. The largest absolute Gasteiger partial charge is 0.353 e. The van der Waals surface area contributed by atoms with E-state index in [-0.39, 0.29) is 11.9 Å². The average molecular weight is 317 g/mol. The molecule has 23 heavy (non-hydrogen) atoms. The molecule has 1 saturated carbocycles. The molecule has 7 heteroatoms. The molecule has 0 atom stereocenters. The molecule has 0 unspecified atom stereocenters. The van der Waals surface area contributed by atoms with Crippen LogP contribution in [0.15, 0.2) is 6.07 Å². The fourth-order valence-electron chi connectivity index (χ4n) is 3.22. The number of carbonyl (C=O) groups is 2. The number of amides is 2. The van der Waals surface area contributed by atoms with Gasteiger partial charge >= 0.3 is 0 Å². The molecular formula is C16H23N5O2. The molecule has 3 rings (SSSR count).